The smallest absolute Gasteiger partial charge is 0.394 e. The molecule has 13 heteroatoms. The number of hydrogen-bond donors (Lipinski definition) is 6. The lowest BCUT2D eigenvalue weighted by Gasteiger charge is -1.97. The molecule has 0 saturated carbocycles. The van der Waals surface area contributed by atoms with E-state index in [-0.39, 0.29) is 6.61 Å². The van der Waals surface area contributed by atoms with Crippen molar-refractivity contribution in [1.82, 2.24) is 0 Å². The van der Waals surface area contributed by atoms with Crippen molar-refractivity contribution in [3.05, 3.63) is 0 Å². The van der Waals surface area contributed by atoms with Gasteiger partial charge in [0.2, 0.25) is 0 Å². The fraction of sp³-hybridized carbons (Fsp3) is 1.00. The van der Waals surface area contributed by atoms with Gasteiger partial charge in [-0.25, -0.2) is 4.89 Å². The summed E-state index contributed by atoms with van der Waals surface area (Å²) in [5.74, 6) is 0. The predicted molar refractivity (Wildman–Crippen MR) is 48.6 cm³/mol. The molecule has 11 nitrogen and oxygen atoms in total. The molecule has 0 aliphatic heterocycles. The van der Waals surface area contributed by atoms with Crippen molar-refractivity contribution in [3.63, 3.8) is 0 Å². The molecule has 0 aliphatic carbocycles. The minimum Gasteiger partial charge on any atom is -0.394 e. The number of hydrogen-bond acceptors (Lipinski definition) is 7. The van der Waals surface area contributed by atoms with Crippen LogP contribution in [0.5, 0.6) is 0 Å². The van der Waals surface area contributed by atoms with Crippen LogP contribution in [-0.2, 0) is 25.7 Å². The zero-order valence-corrected chi connectivity index (χ0v) is 9.46. The van der Waals surface area contributed by atoms with E-state index >= 15 is 0 Å². The maximum Gasteiger partial charge on any atom is 0.394 e. The fourth-order valence-electron chi connectivity index (χ4n) is 0.0333. The topological polar surface area (TPSA) is 199 Å². The molecule has 1 atom stereocenters. The molecule has 1 unspecified atom stereocenters. The summed E-state index contributed by atoms with van der Waals surface area (Å²) in [5.41, 5.74) is 0. The van der Waals surface area contributed by atoms with E-state index in [0.717, 1.165) is 0 Å². The summed E-state index contributed by atoms with van der Waals surface area (Å²) >= 11 is 0. The van der Waals surface area contributed by atoms with Crippen molar-refractivity contribution in [2.24, 2.45) is 0 Å². The summed E-state index contributed by atoms with van der Waals surface area (Å²) in [6, 6.07) is 0. The Labute approximate surface area is 91.4 Å². The first-order chi connectivity index (χ1) is 6.81. The van der Waals surface area contributed by atoms with Crippen LogP contribution in [0.3, 0.4) is 0 Å². The summed E-state index contributed by atoms with van der Waals surface area (Å²) in [7, 11) is -9.33. The van der Waals surface area contributed by atoms with Gasteiger partial charge in [0.1, 0.15) is 6.10 Å². The van der Waals surface area contributed by atoms with E-state index < -0.39 is 26.9 Å². The van der Waals surface area contributed by atoms with Gasteiger partial charge in [0.25, 0.3) is 0 Å². The predicted octanol–water partition coefficient (Wildman–Crippen LogP) is -1.45. The second-order valence-corrected chi connectivity index (χ2v) is 3.79. The Kier molecular flexibility index (Phi) is 12.9. The molecule has 0 aromatic rings. The molecule has 0 heterocycles. The zero-order chi connectivity index (χ0) is 14.0. The van der Waals surface area contributed by atoms with Crippen molar-refractivity contribution in [2.75, 3.05) is 6.61 Å². The molecule has 0 aliphatic rings. The number of aliphatic hydroxyl groups excluding tert-OH is 1. The van der Waals surface area contributed by atoms with Gasteiger partial charge in [-0.3, -0.25) is 23.5 Å². The third kappa shape index (κ3) is 166. The maximum absolute atomic E-state index is 8.74. The summed E-state index contributed by atoms with van der Waals surface area (Å²) in [6.45, 7) is 1.41. The second-order valence-electron chi connectivity index (χ2n) is 1.99. The van der Waals surface area contributed by atoms with E-state index in [1.165, 1.54) is 0 Å². The van der Waals surface area contributed by atoms with Crippen LogP contribution in [0.1, 0.15) is 6.92 Å². The number of rotatable bonds is 2. The molecule has 0 aromatic heterocycles. The molecule has 102 valence electrons. The van der Waals surface area contributed by atoms with E-state index in [2.05, 4.69) is 4.89 Å². The van der Waals surface area contributed by atoms with Gasteiger partial charge in [-0.2, -0.15) is 16.8 Å². The van der Waals surface area contributed by atoms with Crippen LogP contribution >= 0.6 is 0 Å². The van der Waals surface area contributed by atoms with Crippen LogP contribution in [0.4, 0.5) is 0 Å². The highest BCUT2D eigenvalue weighted by atomic mass is 32.3. The van der Waals surface area contributed by atoms with E-state index in [1.54, 1.807) is 6.92 Å². The molecule has 6 N–H and O–H groups in total. The van der Waals surface area contributed by atoms with E-state index in [0.29, 0.717) is 0 Å². The van der Waals surface area contributed by atoms with Crippen LogP contribution in [0, 0.1) is 0 Å². The van der Waals surface area contributed by atoms with Crippen molar-refractivity contribution in [2.45, 2.75) is 13.0 Å². The molecular weight excluding hydrogens is 276 g/mol. The monoisotopic (exact) mass is 288 g/mol. The molecule has 16 heavy (non-hydrogen) atoms. The largest absolute Gasteiger partial charge is 0.394 e. The van der Waals surface area contributed by atoms with Crippen molar-refractivity contribution in [3.8, 4) is 0 Å². The highest BCUT2D eigenvalue weighted by molar-refractivity contribution is 7.80. The van der Waals surface area contributed by atoms with E-state index in [9.17, 15) is 0 Å². The number of aliphatic hydroxyl groups is 1. The standard InChI is InChI=1S/C3H8O3.2H2O4S/c1-3(2-4)6-5;2*1-5(2,3)4/h3-5H,2H2,1H3;2*(H2,1,2,3,4). The summed E-state index contributed by atoms with van der Waals surface area (Å²) < 4.78 is 63.2. The Hall–Kier alpha value is -0.380. The average molecular weight is 288 g/mol. The maximum atomic E-state index is 8.74. The van der Waals surface area contributed by atoms with E-state index in [4.69, 9.17) is 45.4 Å². The van der Waals surface area contributed by atoms with Gasteiger partial charge in [-0.15, -0.1) is 0 Å². The highest BCUT2D eigenvalue weighted by Crippen LogP contribution is 1.79. The minimum absolute atomic E-state index is 0.142. The average Bonchev–Trinajstić information content (AvgIpc) is 1.96. The molecular formula is C3H12O11S2. The van der Waals surface area contributed by atoms with Crippen LogP contribution in [0.25, 0.3) is 0 Å². The molecule has 0 fully saturated rings. The zero-order valence-electron chi connectivity index (χ0n) is 7.83. The van der Waals surface area contributed by atoms with Crippen molar-refractivity contribution < 1.29 is 50.3 Å². The van der Waals surface area contributed by atoms with Crippen LogP contribution in [0.15, 0.2) is 0 Å². The van der Waals surface area contributed by atoms with Gasteiger partial charge in [0.05, 0.1) is 6.61 Å². The Morgan fingerprint density at radius 3 is 1.19 bits per heavy atom. The lowest BCUT2D eigenvalue weighted by Crippen LogP contribution is -2.09. The van der Waals surface area contributed by atoms with Crippen molar-refractivity contribution >= 4 is 20.8 Å². The summed E-state index contributed by atoms with van der Waals surface area (Å²) in [5, 5.41) is 15.7. The normalized spacial score (nSPS) is 12.7. The van der Waals surface area contributed by atoms with E-state index in [1.807, 2.05) is 0 Å². The van der Waals surface area contributed by atoms with Gasteiger partial charge < -0.3 is 5.11 Å². The SMILES string of the molecule is CC(CO)OO.O=S(=O)(O)O.O=S(=O)(O)O. The van der Waals surface area contributed by atoms with Crippen molar-refractivity contribution in [1.29, 1.82) is 0 Å². The first kappa shape index (κ1) is 21.0. The molecule has 0 saturated heterocycles. The molecule has 0 rings (SSSR count). The summed E-state index contributed by atoms with van der Waals surface area (Å²) in [4.78, 5) is 3.65. The Bertz CT molecular complexity index is 276. The van der Waals surface area contributed by atoms with Crippen LogP contribution in [-0.4, -0.2) is 58.1 Å². The van der Waals surface area contributed by atoms with Gasteiger partial charge in [-0.05, 0) is 6.92 Å². The Morgan fingerprint density at radius 2 is 1.19 bits per heavy atom. The fourth-order valence-corrected chi connectivity index (χ4v) is 0.0333. The molecule has 0 spiro atoms. The first-order valence-corrected chi connectivity index (χ1v) is 5.91. The highest BCUT2D eigenvalue weighted by Gasteiger charge is 1.92. The molecule has 0 aromatic carbocycles. The Morgan fingerprint density at radius 1 is 1.00 bits per heavy atom. The molecule has 0 radical (unpaired) electrons. The van der Waals surface area contributed by atoms with Gasteiger partial charge in [0, 0.05) is 0 Å². The van der Waals surface area contributed by atoms with Gasteiger partial charge in [-0.1, -0.05) is 0 Å². The first-order valence-electron chi connectivity index (χ1n) is 3.12. The summed E-state index contributed by atoms with van der Waals surface area (Å²) in [6.07, 6.45) is -0.454. The second kappa shape index (κ2) is 9.82. The van der Waals surface area contributed by atoms with Crippen LogP contribution in [0.2, 0.25) is 0 Å². The third-order valence-corrected chi connectivity index (χ3v) is 0.437. The lowest BCUT2D eigenvalue weighted by atomic mass is 10.5. The quantitative estimate of drug-likeness (QED) is 0.197. The van der Waals surface area contributed by atoms with Gasteiger partial charge >= 0.3 is 20.8 Å². The third-order valence-electron chi connectivity index (χ3n) is 0.437. The Balaban J connectivity index is -0.000000160. The molecule has 0 bridgehead atoms. The van der Waals surface area contributed by atoms with Crippen LogP contribution < -0.4 is 0 Å². The van der Waals surface area contributed by atoms with Gasteiger partial charge in [0.15, 0.2) is 0 Å². The minimum atomic E-state index is -4.67. The lowest BCUT2D eigenvalue weighted by molar-refractivity contribution is -0.279. The molecule has 0 amide bonds.